The molecule has 0 saturated carbocycles. The summed E-state index contributed by atoms with van der Waals surface area (Å²) in [5.74, 6) is 1.84. The Morgan fingerprint density at radius 3 is 2.82 bits per heavy atom. The lowest BCUT2D eigenvalue weighted by Gasteiger charge is -2.16. The Balaban J connectivity index is 1.37. The summed E-state index contributed by atoms with van der Waals surface area (Å²) in [6.07, 6.45) is 2.83. The lowest BCUT2D eigenvalue weighted by molar-refractivity contribution is -0.116. The minimum absolute atomic E-state index is 0.0768. The van der Waals surface area contributed by atoms with E-state index in [0.717, 1.165) is 41.2 Å². The average molecular weight is 461 g/mol. The van der Waals surface area contributed by atoms with Gasteiger partial charge in [0, 0.05) is 38.1 Å². The zero-order valence-electron chi connectivity index (χ0n) is 18.7. The molecule has 0 fully saturated rings. The smallest absolute Gasteiger partial charge is 0.237 e. The molecule has 2 aromatic carbocycles. The highest BCUT2D eigenvalue weighted by Gasteiger charge is 2.25. The van der Waals surface area contributed by atoms with Crippen LogP contribution in [0.3, 0.4) is 0 Å². The molecular weight excluding hydrogens is 436 g/mol. The molecular formula is C24H24N6O2S. The third kappa shape index (κ3) is 4.00. The first-order chi connectivity index (χ1) is 16.0. The minimum atomic E-state index is 0.0768. The van der Waals surface area contributed by atoms with Gasteiger partial charge in [0.2, 0.25) is 5.91 Å². The van der Waals surface area contributed by atoms with Crippen molar-refractivity contribution in [2.45, 2.75) is 11.6 Å². The number of hydrogen-bond donors (Lipinski definition) is 0. The molecule has 33 heavy (non-hydrogen) atoms. The van der Waals surface area contributed by atoms with Crippen LogP contribution in [0.5, 0.6) is 5.75 Å². The van der Waals surface area contributed by atoms with E-state index in [1.165, 1.54) is 17.3 Å². The van der Waals surface area contributed by atoms with E-state index in [2.05, 4.69) is 21.4 Å². The van der Waals surface area contributed by atoms with E-state index in [1.807, 2.05) is 72.2 Å². The number of ether oxygens (including phenoxy) is 1. The SMILES string of the molecule is COc1cccc(-c2nn(C)cc2-c2nnc(SCC(=O)N3CCc4ccccc43)n2C)c1. The summed E-state index contributed by atoms with van der Waals surface area (Å²) in [5.41, 5.74) is 4.84. The van der Waals surface area contributed by atoms with E-state index in [9.17, 15) is 4.79 Å². The average Bonchev–Trinajstić information content (AvgIpc) is 3.54. The predicted molar refractivity (Wildman–Crippen MR) is 128 cm³/mol. The quantitative estimate of drug-likeness (QED) is 0.410. The zero-order valence-corrected chi connectivity index (χ0v) is 19.5. The molecule has 168 valence electrons. The van der Waals surface area contributed by atoms with Crippen molar-refractivity contribution in [2.24, 2.45) is 14.1 Å². The Kier molecular flexibility index (Phi) is 5.63. The van der Waals surface area contributed by atoms with Crippen molar-refractivity contribution in [1.82, 2.24) is 24.5 Å². The summed E-state index contributed by atoms with van der Waals surface area (Å²) in [5, 5.41) is 14.1. The van der Waals surface area contributed by atoms with E-state index in [1.54, 1.807) is 11.8 Å². The van der Waals surface area contributed by atoms with Gasteiger partial charge in [-0.25, -0.2) is 0 Å². The standard InChI is InChI=1S/C24H24N6O2S/c1-28-14-19(22(27-28)17-8-6-9-18(13-17)32-3)23-25-26-24(29(23)2)33-15-21(31)30-12-11-16-7-4-5-10-20(16)30/h4-10,13-14H,11-12,15H2,1-3H3. The molecule has 1 aliphatic rings. The highest BCUT2D eigenvalue weighted by molar-refractivity contribution is 7.99. The second-order valence-corrected chi connectivity index (χ2v) is 8.82. The fraction of sp³-hybridized carbons (Fsp3) is 0.250. The van der Waals surface area contributed by atoms with Crippen molar-refractivity contribution in [3.8, 4) is 28.4 Å². The van der Waals surface area contributed by atoms with Crippen LogP contribution in [0.15, 0.2) is 59.9 Å². The molecule has 0 unspecified atom stereocenters. The van der Waals surface area contributed by atoms with Crippen molar-refractivity contribution in [2.75, 3.05) is 24.3 Å². The molecule has 2 aromatic heterocycles. The molecule has 0 radical (unpaired) electrons. The van der Waals surface area contributed by atoms with Gasteiger partial charge in [0.15, 0.2) is 11.0 Å². The first-order valence-corrected chi connectivity index (χ1v) is 11.6. The van der Waals surface area contributed by atoms with Crippen LogP contribution < -0.4 is 9.64 Å². The number of nitrogens with zero attached hydrogens (tertiary/aromatic N) is 6. The zero-order chi connectivity index (χ0) is 22.9. The molecule has 1 aliphatic heterocycles. The second-order valence-electron chi connectivity index (χ2n) is 7.87. The van der Waals surface area contributed by atoms with Crippen molar-refractivity contribution >= 4 is 23.4 Å². The summed E-state index contributed by atoms with van der Waals surface area (Å²) in [4.78, 5) is 14.8. The number of rotatable bonds is 6. The third-order valence-electron chi connectivity index (χ3n) is 5.76. The van der Waals surface area contributed by atoms with E-state index in [4.69, 9.17) is 4.74 Å². The molecule has 5 rings (SSSR count). The highest BCUT2D eigenvalue weighted by atomic mass is 32.2. The van der Waals surface area contributed by atoms with Crippen molar-refractivity contribution in [3.05, 3.63) is 60.3 Å². The number of para-hydroxylation sites is 1. The molecule has 9 heteroatoms. The lowest BCUT2D eigenvalue weighted by Crippen LogP contribution is -2.30. The highest BCUT2D eigenvalue weighted by Crippen LogP contribution is 2.33. The fourth-order valence-corrected chi connectivity index (χ4v) is 4.90. The number of thioether (sulfide) groups is 1. The number of amides is 1. The van der Waals surface area contributed by atoms with Crippen LogP contribution in [0, 0.1) is 0 Å². The minimum Gasteiger partial charge on any atom is -0.497 e. The van der Waals surface area contributed by atoms with Crippen LogP contribution in [0.25, 0.3) is 22.6 Å². The number of carbonyl (C=O) groups is 1. The van der Waals surface area contributed by atoms with Crippen molar-refractivity contribution in [3.63, 3.8) is 0 Å². The van der Waals surface area contributed by atoms with Crippen LogP contribution >= 0.6 is 11.8 Å². The number of aromatic nitrogens is 5. The lowest BCUT2D eigenvalue weighted by atomic mass is 10.1. The van der Waals surface area contributed by atoms with Crippen LogP contribution in [-0.4, -0.2) is 49.9 Å². The van der Waals surface area contributed by atoms with Gasteiger partial charge >= 0.3 is 0 Å². The monoisotopic (exact) mass is 460 g/mol. The molecule has 0 N–H and O–H groups in total. The van der Waals surface area contributed by atoms with Crippen molar-refractivity contribution in [1.29, 1.82) is 0 Å². The maximum atomic E-state index is 12.9. The Hall–Kier alpha value is -3.59. The van der Waals surface area contributed by atoms with Gasteiger partial charge in [0.25, 0.3) is 0 Å². The van der Waals surface area contributed by atoms with Gasteiger partial charge in [0.1, 0.15) is 11.4 Å². The number of carbonyl (C=O) groups excluding carboxylic acids is 1. The first kappa shape index (κ1) is 21.3. The Labute approximate surface area is 196 Å². The number of aryl methyl sites for hydroxylation is 1. The molecule has 0 aliphatic carbocycles. The maximum absolute atomic E-state index is 12.9. The third-order valence-corrected chi connectivity index (χ3v) is 6.77. The number of methoxy groups -OCH3 is 1. The number of hydrogen-bond acceptors (Lipinski definition) is 6. The topological polar surface area (TPSA) is 78.1 Å². The molecule has 0 saturated heterocycles. The number of anilines is 1. The van der Waals surface area contributed by atoms with Crippen LogP contribution in [0.4, 0.5) is 5.69 Å². The van der Waals surface area contributed by atoms with Crippen LogP contribution in [0.2, 0.25) is 0 Å². The van der Waals surface area contributed by atoms with E-state index in [0.29, 0.717) is 16.7 Å². The number of fused-ring (bicyclic) bond motifs is 1. The number of benzene rings is 2. The largest absolute Gasteiger partial charge is 0.497 e. The molecule has 8 nitrogen and oxygen atoms in total. The van der Waals surface area contributed by atoms with E-state index in [-0.39, 0.29) is 5.91 Å². The summed E-state index contributed by atoms with van der Waals surface area (Å²) >= 11 is 1.40. The van der Waals surface area contributed by atoms with Crippen LogP contribution in [-0.2, 0) is 25.3 Å². The first-order valence-electron chi connectivity index (χ1n) is 10.6. The molecule has 0 atom stereocenters. The summed E-state index contributed by atoms with van der Waals surface area (Å²) in [7, 11) is 5.44. The van der Waals surface area contributed by atoms with Gasteiger partial charge < -0.3 is 14.2 Å². The molecule has 1 amide bonds. The van der Waals surface area contributed by atoms with Crippen molar-refractivity contribution < 1.29 is 9.53 Å². The van der Waals surface area contributed by atoms with Gasteiger partial charge in [-0.05, 0) is 30.2 Å². The summed E-state index contributed by atoms with van der Waals surface area (Å²) in [6, 6.07) is 15.9. The Bertz CT molecular complexity index is 1330. The maximum Gasteiger partial charge on any atom is 0.237 e. The molecule has 3 heterocycles. The predicted octanol–water partition coefficient (Wildman–Crippen LogP) is 3.57. The van der Waals surface area contributed by atoms with E-state index >= 15 is 0 Å². The normalized spacial score (nSPS) is 12.8. The summed E-state index contributed by atoms with van der Waals surface area (Å²) < 4.78 is 9.05. The van der Waals surface area contributed by atoms with Gasteiger partial charge in [0.05, 0.1) is 18.4 Å². The van der Waals surface area contributed by atoms with Gasteiger partial charge in [-0.2, -0.15) is 5.10 Å². The Morgan fingerprint density at radius 2 is 1.97 bits per heavy atom. The molecule has 0 bridgehead atoms. The van der Waals surface area contributed by atoms with E-state index < -0.39 is 0 Å². The molecule has 0 spiro atoms. The summed E-state index contributed by atoms with van der Waals surface area (Å²) in [6.45, 7) is 0.725. The van der Waals surface area contributed by atoms with Crippen LogP contribution in [0.1, 0.15) is 5.56 Å². The van der Waals surface area contributed by atoms with Gasteiger partial charge in [-0.15, -0.1) is 10.2 Å². The fourth-order valence-electron chi connectivity index (χ4n) is 4.11. The second kappa shape index (κ2) is 8.74. The Morgan fingerprint density at radius 1 is 1.12 bits per heavy atom. The molecule has 4 aromatic rings. The van der Waals surface area contributed by atoms with Gasteiger partial charge in [-0.1, -0.05) is 42.1 Å². The van der Waals surface area contributed by atoms with Gasteiger partial charge in [-0.3, -0.25) is 9.48 Å².